The first-order valence-corrected chi connectivity index (χ1v) is 7.68. The maximum absolute atomic E-state index is 12.7. The molecule has 0 bridgehead atoms. The third-order valence-electron chi connectivity index (χ3n) is 3.48. The van der Waals surface area contributed by atoms with Gasteiger partial charge < -0.3 is 10.6 Å². The van der Waals surface area contributed by atoms with Gasteiger partial charge in [-0.2, -0.15) is 0 Å². The van der Waals surface area contributed by atoms with Gasteiger partial charge in [0.15, 0.2) is 0 Å². The number of nitrogen functional groups attached to an aromatic ring is 1. The zero-order chi connectivity index (χ0) is 14.1. The summed E-state index contributed by atoms with van der Waals surface area (Å²) in [5.41, 5.74) is 6.54. The predicted octanol–water partition coefficient (Wildman–Crippen LogP) is 3.36. The lowest BCUT2D eigenvalue weighted by Crippen LogP contribution is -2.30. The zero-order valence-electron chi connectivity index (χ0n) is 10.8. The molecule has 2 aromatic heterocycles. The fourth-order valence-corrected chi connectivity index (χ4v) is 3.61. The average molecular weight is 308 g/mol. The number of carbonyl (C=O) groups excluding carboxylic acids is 1. The molecule has 1 aliphatic heterocycles. The van der Waals surface area contributed by atoms with E-state index in [-0.39, 0.29) is 17.1 Å². The van der Waals surface area contributed by atoms with Crippen LogP contribution in [0.15, 0.2) is 29.8 Å². The number of hydrogen-bond donors (Lipinski definition) is 1. The number of likely N-dealkylation sites (tertiary alicyclic amines) is 1. The van der Waals surface area contributed by atoms with E-state index in [1.165, 1.54) is 11.1 Å². The van der Waals surface area contributed by atoms with Crippen LogP contribution in [0.4, 0.5) is 5.69 Å². The first-order chi connectivity index (χ1) is 9.66. The van der Waals surface area contributed by atoms with Gasteiger partial charge in [0.25, 0.3) is 5.91 Å². The lowest BCUT2D eigenvalue weighted by atomic mass is 10.1. The first kappa shape index (κ1) is 13.4. The minimum Gasteiger partial charge on any atom is -0.397 e. The van der Waals surface area contributed by atoms with E-state index in [1.807, 2.05) is 16.3 Å². The van der Waals surface area contributed by atoms with Gasteiger partial charge in [0.05, 0.1) is 23.5 Å². The number of nitrogens with two attached hydrogens (primary N) is 1. The molecule has 1 fully saturated rings. The maximum Gasteiger partial charge on any atom is 0.257 e. The number of anilines is 1. The molecule has 0 aromatic carbocycles. The van der Waals surface area contributed by atoms with E-state index in [0.29, 0.717) is 11.3 Å². The summed E-state index contributed by atoms with van der Waals surface area (Å²) in [6, 6.07) is 5.82. The molecule has 0 aliphatic carbocycles. The molecule has 2 N–H and O–H groups in total. The second-order valence-electron chi connectivity index (χ2n) is 4.78. The van der Waals surface area contributed by atoms with Crippen molar-refractivity contribution in [2.24, 2.45) is 0 Å². The van der Waals surface area contributed by atoms with Crippen LogP contribution in [-0.4, -0.2) is 22.3 Å². The minimum absolute atomic E-state index is 0.0919. The van der Waals surface area contributed by atoms with Crippen molar-refractivity contribution < 1.29 is 4.79 Å². The number of rotatable bonds is 2. The van der Waals surface area contributed by atoms with Gasteiger partial charge in [0, 0.05) is 11.4 Å². The van der Waals surface area contributed by atoms with Gasteiger partial charge in [0.1, 0.15) is 5.15 Å². The second kappa shape index (κ2) is 5.42. The molecule has 1 atom stereocenters. The van der Waals surface area contributed by atoms with Gasteiger partial charge in [-0.25, -0.2) is 4.98 Å². The van der Waals surface area contributed by atoms with Crippen molar-refractivity contribution >= 4 is 34.5 Å². The van der Waals surface area contributed by atoms with Crippen LogP contribution in [0.5, 0.6) is 0 Å². The van der Waals surface area contributed by atoms with E-state index in [9.17, 15) is 4.79 Å². The Labute approximate surface area is 126 Å². The van der Waals surface area contributed by atoms with Gasteiger partial charge in [-0.05, 0) is 30.4 Å². The smallest absolute Gasteiger partial charge is 0.257 e. The third kappa shape index (κ3) is 2.39. The number of carbonyl (C=O) groups is 1. The van der Waals surface area contributed by atoms with E-state index < -0.39 is 0 Å². The Hall–Kier alpha value is -1.59. The maximum atomic E-state index is 12.7. The highest BCUT2D eigenvalue weighted by atomic mass is 35.5. The zero-order valence-corrected chi connectivity index (χ0v) is 12.3. The van der Waals surface area contributed by atoms with Crippen LogP contribution in [-0.2, 0) is 0 Å². The van der Waals surface area contributed by atoms with Crippen molar-refractivity contribution in [2.45, 2.75) is 18.9 Å². The Balaban J connectivity index is 1.91. The Kier molecular flexibility index (Phi) is 3.63. The summed E-state index contributed by atoms with van der Waals surface area (Å²) >= 11 is 7.71. The number of hydrogen-bond acceptors (Lipinski definition) is 4. The second-order valence-corrected chi connectivity index (χ2v) is 6.12. The SMILES string of the molecule is Nc1cnc(Cl)c(C(=O)N2CCCC2c2cccs2)c1. The highest BCUT2D eigenvalue weighted by Gasteiger charge is 2.32. The molecular weight excluding hydrogens is 294 g/mol. The lowest BCUT2D eigenvalue weighted by Gasteiger charge is -2.24. The van der Waals surface area contributed by atoms with E-state index in [0.717, 1.165) is 19.4 Å². The average Bonchev–Trinajstić information content (AvgIpc) is 3.10. The van der Waals surface area contributed by atoms with E-state index in [1.54, 1.807) is 17.4 Å². The van der Waals surface area contributed by atoms with Gasteiger partial charge in [0.2, 0.25) is 0 Å². The largest absolute Gasteiger partial charge is 0.397 e. The molecule has 0 spiro atoms. The molecule has 104 valence electrons. The van der Waals surface area contributed by atoms with Crippen molar-refractivity contribution in [2.75, 3.05) is 12.3 Å². The summed E-state index contributed by atoms with van der Waals surface area (Å²) in [4.78, 5) is 19.7. The van der Waals surface area contributed by atoms with Crippen LogP contribution in [0.2, 0.25) is 5.15 Å². The first-order valence-electron chi connectivity index (χ1n) is 6.42. The van der Waals surface area contributed by atoms with Gasteiger partial charge >= 0.3 is 0 Å². The summed E-state index contributed by atoms with van der Waals surface area (Å²) in [5, 5.41) is 2.24. The number of thiophene rings is 1. The summed E-state index contributed by atoms with van der Waals surface area (Å²) in [5.74, 6) is -0.0919. The molecule has 1 aliphatic rings. The Morgan fingerprint density at radius 2 is 2.40 bits per heavy atom. The number of aromatic nitrogens is 1. The van der Waals surface area contributed by atoms with Crippen LogP contribution < -0.4 is 5.73 Å². The van der Waals surface area contributed by atoms with Crippen LogP contribution in [0, 0.1) is 0 Å². The van der Waals surface area contributed by atoms with E-state index in [4.69, 9.17) is 17.3 Å². The van der Waals surface area contributed by atoms with Crippen LogP contribution in [0.25, 0.3) is 0 Å². The fourth-order valence-electron chi connectivity index (χ4n) is 2.56. The molecular formula is C14H14ClN3OS. The van der Waals surface area contributed by atoms with Crippen molar-refractivity contribution in [1.29, 1.82) is 0 Å². The van der Waals surface area contributed by atoms with E-state index in [2.05, 4.69) is 11.1 Å². The predicted molar refractivity (Wildman–Crippen MR) is 81.0 cm³/mol. The molecule has 20 heavy (non-hydrogen) atoms. The molecule has 3 heterocycles. The quantitative estimate of drug-likeness (QED) is 0.866. The summed E-state index contributed by atoms with van der Waals surface area (Å²) in [6.45, 7) is 0.743. The molecule has 2 aromatic rings. The monoisotopic (exact) mass is 307 g/mol. The molecule has 0 radical (unpaired) electrons. The summed E-state index contributed by atoms with van der Waals surface area (Å²) < 4.78 is 0. The summed E-state index contributed by atoms with van der Waals surface area (Å²) in [7, 11) is 0. The Bertz CT molecular complexity index is 629. The van der Waals surface area contributed by atoms with Crippen LogP contribution in [0.1, 0.15) is 34.1 Å². The Morgan fingerprint density at radius 1 is 1.55 bits per heavy atom. The number of halogens is 1. The van der Waals surface area contributed by atoms with Crippen LogP contribution >= 0.6 is 22.9 Å². The topological polar surface area (TPSA) is 59.2 Å². The van der Waals surface area contributed by atoms with Crippen molar-refractivity contribution in [3.8, 4) is 0 Å². The standard InChI is InChI=1S/C14H14ClN3OS/c15-13-10(7-9(16)8-17-13)14(19)18-5-1-3-11(18)12-4-2-6-20-12/h2,4,6-8,11H,1,3,5,16H2. The normalized spacial score (nSPS) is 18.4. The molecule has 1 saturated heterocycles. The molecule has 6 heteroatoms. The number of nitrogens with zero attached hydrogens (tertiary/aromatic N) is 2. The van der Waals surface area contributed by atoms with Gasteiger partial charge in [-0.15, -0.1) is 11.3 Å². The minimum atomic E-state index is -0.0919. The number of amides is 1. The van der Waals surface area contributed by atoms with Crippen molar-refractivity contribution in [3.63, 3.8) is 0 Å². The molecule has 0 saturated carbocycles. The highest BCUT2D eigenvalue weighted by molar-refractivity contribution is 7.10. The Morgan fingerprint density at radius 3 is 3.15 bits per heavy atom. The van der Waals surface area contributed by atoms with Gasteiger partial charge in [-0.3, -0.25) is 4.79 Å². The van der Waals surface area contributed by atoms with E-state index >= 15 is 0 Å². The molecule has 4 nitrogen and oxygen atoms in total. The number of pyridine rings is 1. The fraction of sp³-hybridized carbons (Fsp3) is 0.286. The lowest BCUT2D eigenvalue weighted by molar-refractivity contribution is 0.0737. The molecule has 1 unspecified atom stereocenters. The molecule has 3 rings (SSSR count). The van der Waals surface area contributed by atoms with Crippen LogP contribution in [0.3, 0.4) is 0 Å². The summed E-state index contributed by atoms with van der Waals surface area (Å²) in [6.07, 6.45) is 3.45. The van der Waals surface area contributed by atoms with Gasteiger partial charge in [-0.1, -0.05) is 17.7 Å². The molecule has 1 amide bonds. The van der Waals surface area contributed by atoms with Crippen molar-refractivity contribution in [3.05, 3.63) is 45.4 Å². The highest BCUT2D eigenvalue weighted by Crippen LogP contribution is 2.36. The van der Waals surface area contributed by atoms with Crippen molar-refractivity contribution in [1.82, 2.24) is 9.88 Å². The third-order valence-corrected chi connectivity index (χ3v) is 4.75.